The summed E-state index contributed by atoms with van der Waals surface area (Å²) in [5.41, 5.74) is 5.66. The smallest absolute Gasteiger partial charge is 0.231 e. The van der Waals surface area contributed by atoms with Gasteiger partial charge in [0.2, 0.25) is 6.79 Å². The second kappa shape index (κ2) is 9.13. The van der Waals surface area contributed by atoms with Crippen molar-refractivity contribution in [1.29, 1.82) is 0 Å². The van der Waals surface area contributed by atoms with Crippen LogP contribution in [0.25, 0.3) is 5.69 Å². The molecule has 0 amide bonds. The molecule has 0 radical (unpaired) electrons. The normalized spacial score (nSPS) is 16.2. The van der Waals surface area contributed by atoms with Crippen LogP contribution >= 0.6 is 0 Å². The highest BCUT2D eigenvalue weighted by molar-refractivity contribution is 6.51. The number of nitrogens with one attached hydrogen (secondary N) is 1. The van der Waals surface area contributed by atoms with Crippen LogP contribution < -0.4 is 19.7 Å². The summed E-state index contributed by atoms with van der Waals surface area (Å²) in [4.78, 5) is 12.3. The topological polar surface area (TPSA) is 117 Å². The fraction of sp³-hybridized carbons (Fsp3) is 0.0938. The van der Waals surface area contributed by atoms with E-state index in [2.05, 4.69) is 10.2 Å². The van der Waals surface area contributed by atoms with Crippen LogP contribution in [0, 0.1) is 6.92 Å². The number of ether oxygens (including phenoxy) is 2. The average molecular weight is 557 g/mol. The minimum absolute atomic E-state index is 0.181. The molecule has 42 heavy (non-hydrogen) atoms. The standard InChI is InChI=1S/C32H24N6O4/c1-18-28-29(19-11-13-24(39)25(40)15-19)37-23-10-6-5-9-22(23)34-30(33-20-12-14-26-27(16-20)42-17-41-26)32(37)35-31(28)38(36-18)21-7-3-2-4-8-21/h2-16,29,39-40H,17H2,1H3,(H,33,34)/t29-/m0/s1. The SMILES string of the molecule is Cc1nn(-c2ccccc2)c2c1[C@H](c1ccc(O)c(O)c1)N1C(=N2)C(Nc2ccc3c(c2)OCO3)=Nc2ccccc21. The number of aromatic hydroxyl groups is 2. The Morgan fingerprint density at radius 1 is 0.833 bits per heavy atom. The Bertz CT molecular complexity index is 1950. The number of rotatable bonds is 3. The molecule has 1 atom stereocenters. The van der Waals surface area contributed by atoms with Crippen LogP contribution in [-0.4, -0.2) is 38.5 Å². The number of aromatic nitrogens is 2. The molecule has 8 rings (SSSR count). The van der Waals surface area contributed by atoms with Gasteiger partial charge in [-0.1, -0.05) is 36.4 Å². The summed E-state index contributed by atoms with van der Waals surface area (Å²) in [5.74, 6) is 2.71. The Hall–Kier alpha value is -5.77. The zero-order valence-electron chi connectivity index (χ0n) is 22.4. The molecule has 4 heterocycles. The van der Waals surface area contributed by atoms with Gasteiger partial charge in [-0.05, 0) is 61.0 Å². The third-order valence-corrected chi connectivity index (χ3v) is 7.59. The van der Waals surface area contributed by atoms with Crippen LogP contribution in [-0.2, 0) is 0 Å². The van der Waals surface area contributed by atoms with E-state index < -0.39 is 6.04 Å². The molecule has 0 aliphatic carbocycles. The Morgan fingerprint density at radius 3 is 2.50 bits per heavy atom. The van der Waals surface area contributed by atoms with Gasteiger partial charge in [0.1, 0.15) is 0 Å². The minimum Gasteiger partial charge on any atom is -0.504 e. The van der Waals surface area contributed by atoms with E-state index in [0.29, 0.717) is 29.0 Å². The summed E-state index contributed by atoms with van der Waals surface area (Å²) in [6.07, 6.45) is 0. The van der Waals surface area contributed by atoms with Gasteiger partial charge in [0.05, 0.1) is 28.8 Å². The fourth-order valence-corrected chi connectivity index (χ4v) is 5.68. The first-order valence-electron chi connectivity index (χ1n) is 13.4. The third-order valence-electron chi connectivity index (χ3n) is 7.59. The number of phenolic OH excluding ortho intramolecular Hbond substituents is 2. The second-order valence-corrected chi connectivity index (χ2v) is 10.2. The first kappa shape index (κ1) is 24.1. The molecule has 3 N–H and O–H groups in total. The molecule has 1 aromatic heterocycles. The van der Waals surface area contributed by atoms with Crippen LogP contribution in [0.3, 0.4) is 0 Å². The lowest BCUT2D eigenvalue weighted by Crippen LogP contribution is -2.46. The number of hydrogen-bond acceptors (Lipinski definition) is 9. The lowest BCUT2D eigenvalue weighted by atomic mass is 9.93. The Balaban J connectivity index is 1.37. The number of hydrogen-bond donors (Lipinski definition) is 3. The van der Waals surface area contributed by atoms with Gasteiger partial charge >= 0.3 is 0 Å². The van der Waals surface area contributed by atoms with Crippen molar-refractivity contribution in [3.63, 3.8) is 0 Å². The molecule has 3 aliphatic rings. The van der Waals surface area contributed by atoms with Crippen LogP contribution in [0.4, 0.5) is 22.9 Å². The monoisotopic (exact) mass is 556 g/mol. The molecule has 0 saturated carbocycles. The molecule has 206 valence electrons. The molecule has 0 bridgehead atoms. The predicted molar refractivity (Wildman–Crippen MR) is 159 cm³/mol. The van der Waals surface area contributed by atoms with E-state index in [1.54, 1.807) is 6.07 Å². The van der Waals surface area contributed by atoms with E-state index >= 15 is 0 Å². The van der Waals surface area contributed by atoms with Crippen LogP contribution in [0.2, 0.25) is 0 Å². The van der Waals surface area contributed by atoms with Gasteiger partial charge in [-0.15, -0.1) is 0 Å². The van der Waals surface area contributed by atoms with Crippen LogP contribution in [0.5, 0.6) is 23.0 Å². The molecule has 0 unspecified atom stereocenters. The largest absolute Gasteiger partial charge is 0.504 e. The summed E-state index contributed by atoms with van der Waals surface area (Å²) in [6.45, 7) is 2.14. The molecule has 10 heteroatoms. The molecular formula is C32H24N6O4. The average Bonchev–Trinajstić information content (AvgIpc) is 3.62. The van der Waals surface area contributed by atoms with Crippen molar-refractivity contribution in [3.8, 4) is 28.7 Å². The highest BCUT2D eigenvalue weighted by Crippen LogP contribution is 2.49. The van der Waals surface area contributed by atoms with Gasteiger partial charge in [-0.3, -0.25) is 0 Å². The maximum absolute atomic E-state index is 10.6. The maximum Gasteiger partial charge on any atom is 0.231 e. The van der Waals surface area contributed by atoms with Gasteiger partial charge in [0, 0.05) is 17.3 Å². The zero-order chi connectivity index (χ0) is 28.4. The number of para-hydroxylation sites is 3. The molecule has 0 saturated heterocycles. The summed E-state index contributed by atoms with van der Waals surface area (Å²) in [5, 5.41) is 29.1. The summed E-state index contributed by atoms with van der Waals surface area (Å²) in [7, 11) is 0. The van der Waals surface area contributed by atoms with Crippen LogP contribution in [0.1, 0.15) is 22.9 Å². The van der Waals surface area contributed by atoms with E-state index in [9.17, 15) is 10.2 Å². The lowest BCUT2D eigenvalue weighted by molar-refractivity contribution is 0.174. The highest BCUT2D eigenvalue weighted by Gasteiger charge is 2.41. The molecule has 0 fully saturated rings. The quantitative estimate of drug-likeness (QED) is 0.229. The van der Waals surface area contributed by atoms with Gasteiger partial charge in [0.25, 0.3) is 0 Å². The number of anilines is 2. The van der Waals surface area contributed by atoms with Crippen molar-refractivity contribution in [2.45, 2.75) is 13.0 Å². The first-order chi connectivity index (χ1) is 20.5. The number of nitrogens with zero attached hydrogens (tertiary/aromatic N) is 5. The third kappa shape index (κ3) is 3.69. The number of phenols is 2. The van der Waals surface area contributed by atoms with Crippen LogP contribution in [0.15, 0.2) is 101 Å². The minimum atomic E-state index is -0.443. The van der Waals surface area contributed by atoms with E-state index in [0.717, 1.165) is 39.6 Å². The number of fused-ring (bicyclic) bond motifs is 5. The van der Waals surface area contributed by atoms with E-state index in [4.69, 9.17) is 24.6 Å². The molecule has 5 aromatic rings. The predicted octanol–water partition coefficient (Wildman–Crippen LogP) is 6.12. The number of aryl methyl sites for hydroxylation is 1. The fourth-order valence-electron chi connectivity index (χ4n) is 5.68. The first-order valence-corrected chi connectivity index (χ1v) is 13.4. The second-order valence-electron chi connectivity index (χ2n) is 10.2. The number of aliphatic imine (C=N–C) groups is 2. The van der Waals surface area contributed by atoms with E-state index in [1.165, 1.54) is 6.07 Å². The molecule has 10 nitrogen and oxygen atoms in total. The Labute approximate surface area is 240 Å². The Morgan fingerprint density at radius 2 is 1.64 bits per heavy atom. The van der Waals surface area contributed by atoms with Crippen molar-refractivity contribution in [2.24, 2.45) is 9.98 Å². The zero-order valence-corrected chi connectivity index (χ0v) is 22.4. The molecule has 3 aliphatic heterocycles. The van der Waals surface area contributed by atoms with E-state index in [1.807, 2.05) is 90.5 Å². The number of benzene rings is 4. The molecular weight excluding hydrogens is 532 g/mol. The summed E-state index contributed by atoms with van der Waals surface area (Å²) < 4.78 is 12.9. The van der Waals surface area contributed by atoms with Crippen molar-refractivity contribution in [3.05, 3.63) is 108 Å². The molecule has 4 aromatic carbocycles. The molecule has 0 spiro atoms. The number of amidine groups is 2. The lowest BCUT2D eigenvalue weighted by Gasteiger charge is -2.40. The van der Waals surface area contributed by atoms with Crippen molar-refractivity contribution >= 4 is 34.6 Å². The van der Waals surface area contributed by atoms with Crippen molar-refractivity contribution in [2.75, 3.05) is 17.0 Å². The van der Waals surface area contributed by atoms with E-state index in [-0.39, 0.29) is 18.3 Å². The maximum atomic E-state index is 10.6. The summed E-state index contributed by atoms with van der Waals surface area (Å²) in [6, 6.07) is 27.8. The van der Waals surface area contributed by atoms with Crippen molar-refractivity contribution in [1.82, 2.24) is 9.78 Å². The van der Waals surface area contributed by atoms with Gasteiger partial charge in [0.15, 0.2) is 40.5 Å². The van der Waals surface area contributed by atoms with Gasteiger partial charge in [-0.2, -0.15) is 5.10 Å². The summed E-state index contributed by atoms with van der Waals surface area (Å²) >= 11 is 0. The van der Waals surface area contributed by atoms with Crippen molar-refractivity contribution < 1.29 is 19.7 Å². The van der Waals surface area contributed by atoms with Gasteiger partial charge in [-0.25, -0.2) is 14.7 Å². The Kier molecular flexibility index (Phi) is 5.23. The van der Waals surface area contributed by atoms with Gasteiger partial charge < -0.3 is 29.9 Å². The highest BCUT2D eigenvalue weighted by atomic mass is 16.7.